The molecular formula is C14H13F3N4O2. The van der Waals surface area contributed by atoms with Crippen molar-refractivity contribution in [1.82, 2.24) is 14.5 Å². The van der Waals surface area contributed by atoms with E-state index in [1.807, 2.05) is 4.90 Å². The van der Waals surface area contributed by atoms with Gasteiger partial charge >= 0.3 is 5.95 Å². The zero-order valence-corrected chi connectivity index (χ0v) is 12.0. The number of hydrogen-bond acceptors (Lipinski definition) is 4. The van der Waals surface area contributed by atoms with E-state index >= 15 is 0 Å². The molecule has 1 aliphatic heterocycles. The predicted molar refractivity (Wildman–Crippen MR) is 74.1 cm³/mol. The minimum absolute atomic E-state index is 0.151. The SMILES string of the molecule is O=[N+]([O-])c1nccn1CN1CCC(c2cc(F)c(F)c(F)c2)C1. The highest BCUT2D eigenvalue weighted by Crippen LogP contribution is 2.29. The van der Waals surface area contributed by atoms with E-state index in [1.165, 1.54) is 17.0 Å². The lowest BCUT2D eigenvalue weighted by molar-refractivity contribution is -0.397. The Balaban J connectivity index is 1.71. The van der Waals surface area contributed by atoms with Gasteiger partial charge in [-0.2, -0.15) is 0 Å². The maximum atomic E-state index is 13.3. The van der Waals surface area contributed by atoms with E-state index in [0.29, 0.717) is 25.1 Å². The van der Waals surface area contributed by atoms with Crippen molar-refractivity contribution < 1.29 is 18.1 Å². The predicted octanol–water partition coefficient (Wildman–Crippen LogP) is 2.66. The molecule has 1 saturated heterocycles. The van der Waals surface area contributed by atoms with E-state index < -0.39 is 22.4 Å². The van der Waals surface area contributed by atoms with Crippen molar-refractivity contribution in [3.63, 3.8) is 0 Å². The lowest BCUT2D eigenvalue weighted by atomic mass is 9.98. The summed E-state index contributed by atoms with van der Waals surface area (Å²) in [6.45, 7) is 1.35. The fourth-order valence-electron chi connectivity index (χ4n) is 2.84. The van der Waals surface area contributed by atoms with Gasteiger partial charge < -0.3 is 10.1 Å². The smallest absolute Gasteiger partial charge is 0.390 e. The molecule has 1 aromatic carbocycles. The molecule has 0 amide bonds. The summed E-state index contributed by atoms with van der Waals surface area (Å²) in [7, 11) is 0. The highest BCUT2D eigenvalue weighted by molar-refractivity contribution is 5.24. The van der Waals surface area contributed by atoms with Crippen LogP contribution < -0.4 is 0 Å². The summed E-state index contributed by atoms with van der Waals surface area (Å²) >= 11 is 0. The van der Waals surface area contributed by atoms with E-state index in [1.54, 1.807) is 0 Å². The molecule has 3 rings (SSSR count). The van der Waals surface area contributed by atoms with Gasteiger partial charge in [0.2, 0.25) is 0 Å². The molecule has 122 valence electrons. The summed E-state index contributed by atoms with van der Waals surface area (Å²) in [5, 5.41) is 10.8. The second-order valence-corrected chi connectivity index (χ2v) is 5.46. The van der Waals surface area contributed by atoms with Crippen LogP contribution in [0.5, 0.6) is 0 Å². The zero-order chi connectivity index (χ0) is 16.6. The van der Waals surface area contributed by atoms with Crippen LogP contribution in [0.1, 0.15) is 17.9 Å². The fraction of sp³-hybridized carbons (Fsp3) is 0.357. The highest BCUT2D eigenvalue weighted by Gasteiger charge is 2.28. The number of rotatable bonds is 4. The summed E-state index contributed by atoms with van der Waals surface area (Å²) in [5.41, 5.74) is 0.393. The molecule has 1 aromatic heterocycles. The van der Waals surface area contributed by atoms with E-state index in [9.17, 15) is 23.3 Å². The maximum absolute atomic E-state index is 13.3. The first-order chi connectivity index (χ1) is 11.0. The summed E-state index contributed by atoms with van der Waals surface area (Å²) in [5.74, 6) is -4.29. The van der Waals surface area contributed by atoms with Crippen molar-refractivity contribution in [2.75, 3.05) is 13.1 Å². The number of hydrogen-bond donors (Lipinski definition) is 0. The standard InChI is InChI=1S/C14H13F3N4O2/c15-11-5-10(6-12(16)13(11)17)9-1-3-19(7-9)8-20-4-2-18-14(20)21(22)23/h2,4-6,9H,1,3,7-8H2. The lowest BCUT2D eigenvalue weighted by Gasteiger charge is -2.15. The molecule has 2 aromatic rings. The summed E-state index contributed by atoms with van der Waals surface area (Å²) in [6, 6.07) is 2.01. The Kier molecular flexibility index (Phi) is 4.03. The molecule has 1 atom stereocenters. The fourth-order valence-corrected chi connectivity index (χ4v) is 2.84. The number of aromatic nitrogens is 2. The molecule has 9 heteroatoms. The van der Waals surface area contributed by atoms with Crippen molar-refractivity contribution >= 4 is 5.95 Å². The Morgan fingerprint density at radius 1 is 1.30 bits per heavy atom. The number of benzene rings is 1. The topological polar surface area (TPSA) is 64.2 Å². The zero-order valence-electron chi connectivity index (χ0n) is 12.0. The van der Waals surface area contributed by atoms with Crippen molar-refractivity contribution in [2.45, 2.75) is 19.0 Å². The third-order valence-corrected chi connectivity index (χ3v) is 3.96. The Hall–Kier alpha value is -2.42. The first-order valence-corrected chi connectivity index (χ1v) is 6.98. The van der Waals surface area contributed by atoms with Crippen molar-refractivity contribution in [1.29, 1.82) is 0 Å². The van der Waals surface area contributed by atoms with Crippen LogP contribution >= 0.6 is 0 Å². The minimum atomic E-state index is -1.47. The van der Waals surface area contributed by atoms with Crippen LogP contribution in [0.3, 0.4) is 0 Å². The molecule has 0 bridgehead atoms. The molecule has 6 nitrogen and oxygen atoms in total. The van der Waals surface area contributed by atoms with Crippen molar-refractivity contribution in [3.8, 4) is 0 Å². The van der Waals surface area contributed by atoms with Gasteiger partial charge in [0.1, 0.15) is 19.1 Å². The number of imidazole rings is 1. The van der Waals surface area contributed by atoms with Gasteiger partial charge in [-0.15, -0.1) is 0 Å². The Labute approximate surface area is 129 Å². The van der Waals surface area contributed by atoms with Gasteiger partial charge in [0.05, 0.1) is 0 Å². The Morgan fingerprint density at radius 2 is 2.00 bits per heavy atom. The van der Waals surface area contributed by atoms with E-state index in [0.717, 1.165) is 12.1 Å². The summed E-state index contributed by atoms with van der Waals surface area (Å²) in [4.78, 5) is 15.8. The summed E-state index contributed by atoms with van der Waals surface area (Å²) < 4.78 is 41.1. The molecule has 0 aliphatic carbocycles. The van der Waals surface area contributed by atoms with Gasteiger partial charge in [0, 0.05) is 13.1 Å². The molecule has 1 fully saturated rings. The average Bonchev–Trinajstić information content (AvgIpc) is 3.14. The van der Waals surface area contributed by atoms with Crippen LogP contribution in [0.15, 0.2) is 24.5 Å². The lowest BCUT2D eigenvalue weighted by Crippen LogP contribution is -2.24. The molecule has 1 unspecified atom stereocenters. The number of likely N-dealkylation sites (tertiary alicyclic amines) is 1. The normalized spacial score (nSPS) is 18.5. The molecule has 1 aliphatic rings. The van der Waals surface area contributed by atoms with Crippen LogP contribution in [0, 0.1) is 27.6 Å². The molecule has 2 heterocycles. The largest absolute Gasteiger partial charge is 0.435 e. The third-order valence-electron chi connectivity index (χ3n) is 3.96. The first-order valence-electron chi connectivity index (χ1n) is 6.98. The average molecular weight is 326 g/mol. The second kappa shape index (κ2) is 5.99. The Bertz CT molecular complexity index is 726. The van der Waals surface area contributed by atoms with Crippen LogP contribution in [0.25, 0.3) is 0 Å². The quantitative estimate of drug-likeness (QED) is 0.492. The van der Waals surface area contributed by atoms with Crippen LogP contribution in [-0.4, -0.2) is 32.5 Å². The maximum Gasteiger partial charge on any atom is 0.435 e. The van der Waals surface area contributed by atoms with Crippen LogP contribution in [-0.2, 0) is 6.67 Å². The van der Waals surface area contributed by atoms with Gasteiger partial charge in [-0.05, 0) is 35.0 Å². The molecule has 0 N–H and O–H groups in total. The molecule has 0 saturated carbocycles. The Morgan fingerprint density at radius 3 is 2.65 bits per heavy atom. The van der Waals surface area contributed by atoms with E-state index in [4.69, 9.17) is 0 Å². The van der Waals surface area contributed by atoms with E-state index in [-0.39, 0.29) is 18.5 Å². The first kappa shape index (κ1) is 15.5. The molecular weight excluding hydrogens is 313 g/mol. The van der Waals surface area contributed by atoms with Crippen molar-refractivity contribution in [2.24, 2.45) is 0 Å². The second-order valence-electron chi connectivity index (χ2n) is 5.46. The highest BCUT2D eigenvalue weighted by atomic mass is 19.2. The van der Waals surface area contributed by atoms with Gasteiger partial charge in [-0.1, -0.05) is 4.98 Å². The number of nitrogens with zero attached hydrogens (tertiary/aromatic N) is 4. The molecule has 0 spiro atoms. The molecule has 23 heavy (non-hydrogen) atoms. The van der Waals surface area contributed by atoms with Gasteiger partial charge in [0.15, 0.2) is 17.5 Å². The van der Waals surface area contributed by atoms with Gasteiger partial charge in [-0.25, -0.2) is 17.7 Å². The third kappa shape index (κ3) is 3.04. The number of nitro groups is 1. The summed E-state index contributed by atoms with van der Waals surface area (Å²) in [6.07, 6.45) is 3.48. The van der Waals surface area contributed by atoms with E-state index in [2.05, 4.69) is 4.98 Å². The monoisotopic (exact) mass is 326 g/mol. The van der Waals surface area contributed by atoms with Gasteiger partial charge in [-0.3, -0.25) is 4.90 Å². The minimum Gasteiger partial charge on any atom is -0.390 e. The number of halogens is 3. The molecule has 0 radical (unpaired) electrons. The van der Waals surface area contributed by atoms with Crippen molar-refractivity contribution in [3.05, 3.63) is 57.7 Å². The van der Waals surface area contributed by atoms with Crippen LogP contribution in [0.2, 0.25) is 0 Å². The van der Waals surface area contributed by atoms with Crippen LogP contribution in [0.4, 0.5) is 19.1 Å². The van der Waals surface area contributed by atoms with Gasteiger partial charge in [0.25, 0.3) is 0 Å².